The molecule has 1 aliphatic carbocycles. The lowest BCUT2D eigenvalue weighted by molar-refractivity contribution is 0.447. The van der Waals surface area contributed by atoms with Crippen molar-refractivity contribution in [2.45, 2.75) is 19.4 Å². The first-order valence-electron chi connectivity index (χ1n) is 4.68. The summed E-state index contributed by atoms with van der Waals surface area (Å²) in [6.45, 7) is 2.27. The number of hydrogen-bond donors (Lipinski definition) is 1. The minimum Gasteiger partial charge on any atom is -0.313 e. The monoisotopic (exact) mass is 195 g/mol. The molecule has 1 aromatic rings. The first-order chi connectivity index (χ1) is 6.22. The lowest BCUT2D eigenvalue weighted by atomic mass is 10.0. The van der Waals surface area contributed by atoms with Gasteiger partial charge in [0.05, 0.1) is 0 Å². The molecule has 2 unspecified atom stereocenters. The summed E-state index contributed by atoms with van der Waals surface area (Å²) < 4.78 is 0. The molecule has 70 valence electrons. The molecule has 0 heterocycles. The molecule has 0 radical (unpaired) electrons. The summed E-state index contributed by atoms with van der Waals surface area (Å²) in [5.74, 6) is 0.679. The van der Waals surface area contributed by atoms with Crippen LogP contribution in [0.5, 0.6) is 0 Å². The van der Waals surface area contributed by atoms with Crippen molar-refractivity contribution in [2.24, 2.45) is 5.92 Å². The van der Waals surface area contributed by atoms with E-state index in [0.717, 1.165) is 11.4 Å². The molecule has 1 aromatic carbocycles. The molecular formula is C11H14ClN. The van der Waals surface area contributed by atoms with Gasteiger partial charge in [0.2, 0.25) is 0 Å². The molecule has 1 N–H and O–H groups in total. The Labute approximate surface area is 84.1 Å². The summed E-state index contributed by atoms with van der Waals surface area (Å²) >= 11 is 5.97. The molecule has 1 nitrogen and oxygen atoms in total. The fourth-order valence-corrected chi connectivity index (χ4v) is 2.43. The van der Waals surface area contributed by atoms with Crippen molar-refractivity contribution in [1.29, 1.82) is 0 Å². The molecule has 0 saturated carbocycles. The third-order valence-corrected chi connectivity index (χ3v) is 3.10. The third-order valence-electron chi connectivity index (χ3n) is 2.86. The second-order valence-corrected chi connectivity index (χ2v) is 4.23. The number of rotatable bonds is 1. The summed E-state index contributed by atoms with van der Waals surface area (Å²) in [4.78, 5) is 0. The molecule has 0 spiro atoms. The lowest BCUT2D eigenvalue weighted by Crippen LogP contribution is -2.19. The maximum absolute atomic E-state index is 5.97. The van der Waals surface area contributed by atoms with Gasteiger partial charge in [-0.15, -0.1) is 0 Å². The summed E-state index contributed by atoms with van der Waals surface area (Å²) in [5.41, 5.74) is 2.82. The van der Waals surface area contributed by atoms with Crippen LogP contribution in [0.1, 0.15) is 24.1 Å². The van der Waals surface area contributed by atoms with Crippen molar-refractivity contribution >= 4 is 11.6 Å². The Kier molecular flexibility index (Phi) is 2.31. The molecule has 0 saturated heterocycles. The van der Waals surface area contributed by atoms with Crippen molar-refractivity contribution in [3.63, 3.8) is 0 Å². The summed E-state index contributed by atoms with van der Waals surface area (Å²) in [6.07, 6.45) is 1.16. The van der Waals surface area contributed by atoms with Gasteiger partial charge in [0, 0.05) is 11.1 Å². The molecule has 0 aromatic heterocycles. The van der Waals surface area contributed by atoms with Gasteiger partial charge in [-0.1, -0.05) is 24.6 Å². The van der Waals surface area contributed by atoms with E-state index in [1.807, 2.05) is 13.1 Å². The molecule has 0 amide bonds. The van der Waals surface area contributed by atoms with Crippen molar-refractivity contribution in [3.05, 3.63) is 34.3 Å². The molecule has 0 bridgehead atoms. The van der Waals surface area contributed by atoms with Crippen LogP contribution in [-0.2, 0) is 6.42 Å². The van der Waals surface area contributed by atoms with E-state index < -0.39 is 0 Å². The van der Waals surface area contributed by atoms with Gasteiger partial charge in [-0.05, 0) is 42.6 Å². The first-order valence-corrected chi connectivity index (χ1v) is 5.05. The predicted octanol–water partition coefficient (Wildman–Crippen LogP) is 2.79. The standard InChI is InChI=1S/C11H14ClN/c1-7-5-8-3-4-9(12)6-10(8)11(7)13-2/h3-4,6-7,11,13H,5H2,1-2H3. The SMILES string of the molecule is CNC1c2cc(Cl)ccc2CC1C. The predicted molar refractivity (Wildman–Crippen MR) is 56.1 cm³/mol. The van der Waals surface area contributed by atoms with Crippen LogP contribution >= 0.6 is 11.6 Å². The van der Waals surface area contributed by atoms with Crippen molar-refractivity contribution in [2.75, 3.05) is 7.05 Å². The molecule has 0 aliphatic heterocycles. The van der Waals surface area contributed by atoms with Gasteiger partial charge >= 0.3 is 0 Å². The minimum atomic E-state index is 0.480. The molecule has 2 atom stereocenters. The van der Waals surface area contributed by atoms with Gasteiger partial charge < -0.3 is 5.32 Å². The van der Waals surface area contributed by atoms with E-state index in [0.29, 0.717) is 12.0 Å². The van der Waals surface area contributed by atoms with Gasteiger partial charge in [-0.2, -0.15) is 0 Å². The third kappa shape index (κ3) is 1.47. The van der Waals surface area contributed by atoms with Gasteiger partial charge in [0.15, 0.2) is 0 Å². The highest BCUT2D eigenvalue weighted by Gasteiger charge is 2.27. The minimum absolute atomic E-state index is 0.480. The fourth-order valence-electron chi connectivity index (χ4n) is 2.25. The molecule has 1 aliphatic rings. The Morgan fingerprint density at radius 2 is 2.23 bits per heavy atom. The lowest BCUT2D eigenvalue weighted by Gasteiger charge is -2.15. The van der Waals surface area contributed by atoms with E-state index >= 15 is 0 Å². The Hall–Kier alpha value is -0.530. The van der Waals surface area contributed by atoms with Gasteiger partial charge in [0.1, 0.15) is 0 Å². The van der Waals surface area contributed by atoms with Crippen LogP contribution in [0.3, 0.4) is 0 Å². The zero-order valence-corrected chi connectivity index (χ0v) is 8.73. The van der Waals surface area contributed by atoms with Gasteiger partial charge in [-0.3, -0.25) is 0 Å². The molecule has 0 fully saturated rings. The zero-order valence-electron chi connectivity index (χ0n) is 7.97. The van der Waals surface area contributed by atoms with Crippen molar-refractivity contribution in [1.82, 2.24) is 5.32 Å². The normalized spacial score (nSPS) is 26.1. The van der Waals surface area contributed by atoms with Crippen LogP contribution < -0.4 is 5.32 Å². The van der Waals surface area contributed by atoms with E-state index in [4.69, 9.17) is 11.6 Å². The molecular weight excluding hydrogens is 182 g/mol. The number of nitrogens with one attached hydrogen (secondary N) is 1. The van der Waals surface area contributed by atoms with Crippen LogP contribution in [0.2, 0.25) is 5.02 Å². The fraction of sp³-hybridized carbons (Fsp3) is 0.455. The maximum atomic E-state index is 5.97. The quantitative estimate of drug-likeness (QED) is 0.727. The number of benzene rings is 1. The Bertz CT molecular complexity index is 322. The Morgan fingerprint density at radius 3 is 2.92 bits per heavy atom. The number of fused-ring (bicyclic) bond motifs is 1. The van der Waals surface area contributed by atoms with E-state index in [-0.39, 0.29) is 0 Å². The number of halogens is 1. The van der Waals surface area contributed by atoms with Crippen LogP contribution in [-0.4, -0.2) is 7.05 Å². The topological polar surface area (TPSA) is 12.0 Å². The highest BCUT2D eigenvalue weighted by atomic mass is 35.5. The maximum Gasteiger partial charge on any atom is 0.0409 e. The summed E-state index contributed by atoms with van der Waals surface area (Å²) in [6, 6.07) is 6.69. The second-order valence-electron chi connectivity index (χ2n) is 3.79. The van der Waals surface area contributed by atoms with Crippen LogP contribution in [0.25, 0.3) is 0 Å². The second kappa shape index (κ2) is 3.32. The first kappa shape index (κ1) is 9.04. The average Bonchev–Trinajstić information content (AvgIpc) is 2.40. The van der Waals surface area contributed by atoms with Crippen LogP contribution in [0.15, 0.2) is 18.2 Å². The van der Waals surface area contributed by atoms with E-state index in [1.165, 1.54) is 11.1 Å². The Morgan fingerprint density at radius 1 is 1.46 bits per heavy atom. The van der Waals surface area contributed by atoms with Crippen molar-refractivity contribution < 1.29 is 0 Å². The Balaban J connectivity index is 2.44. The van der Waals surface area contributed by atoms with Gasteiger partial charge in [0.25, 0.3) is 0 Å². The van der Waals surface area contributed by atoms with Gasteiger partial charge in [-0.25, -0.2) is 0 Å². The average molecular weight is 196 g/mol. The largest absolute Gasteiger partial charge is 0.313 e. The zero-order chi connectivity index (χ0) is 9.42. The number of hydrogen-bond acceptors (Lipinski definition) is 1. The molecule has 2 heteroatoms. The van der Waals surface area contributed by atoms with Crippen molar-refractivity contribution in [3.8, 4) is 0 Å². The van der Waals surface area contributed by atoms with E-state index in [9.17, 15) is 0 Å². The van der Waals surface area contributed by atoms with E-state index in [2.05, 4.69) is 24.4 Å². The van der Waals surface area contributed by atoms with E-state index in [1.54, 1.807) is 0 Å². The highest BCUT2D eigenvalue weighted by molar-refractivity contribution is 6.30. The smallest absolute Gasteiger partial charge is 0.0409 e. The van der Waals surface area contributed by atoms with Crippen LogP contribution in [0, 0.1) is 5.92 Å². The summed E-state index contributed by atoms with van der Waals surface area (Å²) in [5, 5.41) is 4.18. The molecule has 2 rings (SSSR count). The highest BCUT2D eigenvalue weighted by Crippen LogP contribution is 2.36. The van der Waals surface area contributed by atoms with Crippen LogP contribution in [0.4, 0.5) is 0 Å². The molecule has 13 heavy (non-hydrogen) atoms. The summed E-state index contributed by atoms with van der Waals surface area (Å²) in [7, 11) is 2.01.